The molecule has 0 amide bonds. The summed E-state index contributed by atoms with van der Waals surface area (Å²) in [5.41, 5.74) is 6.74. The van der Waals surface area contributed by atoms with Crippen molar-refractivity contribution in [3.63, 3.8) is 0 Å². The Morgan fingerprint density at radius 3 is 2.00 bits per heavy atom. The van der Waals surface area contributed by atoms with Crippen LogP contribution in [0.4, 0.5) is 0 Å². The monoisotopic (exact) mass is 522 g/mol. The Bertz CT molecular complexity index is 1870. The third kappa shape index (κ3) is 4.15. The minimum absolute atomic E-state index is 0.128. The van der Waals surface area contributed by atoms with E-state index in [1.54, 1.807) is 6.07 Å². The molecule has 7 rings (SSSR count). The molecular weight excluding hydrogens is 492 g/mol. The molecule has 6 aromatic rings. The van der Waals surface area contributed by atoms with Crippen molar-refractivity contribution in [3.05, 3.63) is 143 Å². The Morgan fingerprint density at radius 2 is 1.27 bits per heavy atom. The summed E-state index contributed by atoms with van der Waals surface area (Å²) in [6, 6.07) is 36.9. The van der Waals surface area contributed by atoms with Crippen LogP contribution in [0.5, 0.6) is 23.0 Å². The quantitative estimate of drug-likeness (QED) is 0.237. The molecular formula is C37H30O3. The van der Waals surface area contributed by atoms with Crippen molar-refractivity contribution in [2.75, 3.05) is 0 Å². The van der Waals surface area contributed by atoms with E-state index < -0.39 is 0 Å². The molecule has 6 aromatic carbocycles. The molecule has 3 heteroatoms. The number of aryl methyl sites for hydroxylation is 3. The van der Waals surface area contributed by atoms with Gasteiger partial charge in [0.1, 0.15) is 23.0 Å². The average molecular weight is 523 g/mol. The molecule has 3 nitrogen and oxygen atoms in total. The Kier molecular flexibility index (Phi) is 5.93. The normalized spacial score (nSPS) is 14.1. The topological polar surface area (TPSA) is 49.7 Å². The van der Waals surface area contributed by atoms with Crippen LogP contribution in [-0.4, -0.2) is 10.2 Å². The molecule has 40 heavy (non-hydrogen) atoms. The van der Waals surface area contributed by atoms with Gasteiger partial charge in [-0.15, -0.1) is 0 Å². The molecule has 1 aliphatic heterocycles. The molecule has 0 spiro atoms. The van der Waals surface area contributed by atoms with E-state index in [0.29, 0.717) is 5.75 Å². The predicted octanol–water partition coefficient (Wildman–Crippen LogP) is 9.04. The summed E-state index contributed by atoms with van der Waals surface area (Å²) in [7, 11) is 0. The number of phenolic OH excluding ortho intramolecular Hbond substituents is 2. The van der Waals surface area contributed by atoms with Gasteiger partial charge in [-0.3, -0.25) is 0 Å². The Labute approximate surface area is 233 Å². The van der Waals surface area contributed by atoms with Gasteiger partial charge in [-0.05, 0) is 99.5 Å². The van der Waals surface area contributed by atoms with Gasteiger partial charge in [-0.2, -0.15) is 0 Å². The first-order valence-electron chi connectivity index (χ1n) is 13.9. The van der Waals surface area contributed by atoms with Crippen LogP contribution >= 0.6 is 0 Å². The molecule has 196 valence electrons. The van der Waals surface area contributed by atoms with E-state index in [2.05, 4.69) is 67.6 Å². The van der Waals surface area contributed by atoms with Crippen LogP contribution in [0.25, 0.3) is 21.5 Å². The van der Waals surface area contributed by atoms with E-state index in [9.17, 15) is 10.2 Å². The summed E-state index contributed by atoms with van der Waals surface area (Å²) in [5, 5.41) is 25.7. The van der Waals surface area contributed by atoms with E-state index in [1.165, 1.54) is 11.1 Å². The lowest BCUT2D eigenvalue weighted by Crippen LogP contribution is -2.13. The van der Waals surface area contributed by atoms with Crippen LogP contribution in [0.1, 0.15) is 46.2 Å². The second-order valence-corrected chi connectivity index (χ2v) is 10.7. The average Bonchev–Trinajstić information content (AvgIpc) is 2.99. The Balaban J connectivity index is 1.37. The maximum Gasteiger partial charge on any atom is 0.132 e. The highest BCUT2D eigenvalue weighted by atomic mass is 16.5. The molecule has 0 bridgehead atoms. The lowest BCUT2D eigenvalue weighted by molar-refractivity contribution is 0.455. The fourth-order valence-electron chi connectivity index (χ4n) is 6.16. The van der Waals surface area contributed by atoms with Crippen molar-refractivity contribution in [2.45, 2.75) is 32.1 Å². The zero-order chi connectivity index (χ0) is 27.2. The van der Waals surface area contributed by atoms with E-state index >= 15 is 0 Å². The standard InChI is InChI=1S/C37H30O3/c1-2-23-8-10-24(11-9-23)12-13-28-20-27-16-19-34-37(31(27)22-32(28)39)35(26-6-4-3-5-7-26)36-30-21-29(38)17-14-25(30)15-18-33(36)40-34/h3-11,14-22,35,38-39H,2,12-13H2,1H3. The maximum atomic E-state index is 11.3. The number of benzene rings is 6. The number of rotatable bonds is 5. The molecule has 2 N–H and O–H groups in total. The van der Waals surface area contributed by atoms with Crippen molar-refractivity contribution < 1.29 is 14.9 Å². The molecule has 0 saturated carbocycles. The number of ether oxygens (including phenoxy) is 1. The Morgan fingerprint density at radius 1 is 0.625 bits per heavy atom. The molecule has 0 aliphatic carbocycles. The van der Waals surface area contributed by atoms with Gasteiger partial charge in [0, 0.05) is 17.0 Å². The van der Waals surface area contributed by atoms with Gasteiger partial charge < -0.3 is 14.9 Å². The lowest BCUT2D eigenvalue weighted by Gasteiger charge is -2.31. The predicted molar refractivity (Wildman–Crippen MR) is 162 cm³/mol. The van der Waals surface area contributed by atoms with Crippen molar-refractivity contribution in [1.29, 1.82) is 0 Å². The number of fused-ring (bicyclic) bond motifs is 6. The lowest BCUT2D eigenvalue weighted by atomic mass is 9.78. The third-order valence-electron chi connectivity index (χ3n) is 8.27. The second-order valence-electron chi connectivity index (χ2n) is 10.7. The molecule has 1 aliphatic rings. The largest absolute Gasteiger partial charge is 0.508 e. The minimum atomic E-state index is -0.128. The van der Waals surface area contributed by atoms with Crippen LogP contribution in [0.3, 0.4) is 0 Å². The number of hydrogen-bond acceptors (Lipinski definition) is 3. The van der Waals surface area contributed by atoms with Crippen molar-refractivity contribution >= 4 is 21.5 Å². The van der Waals surface area contributed by atoms with Crippen LogP contribution in [0.15, 0.2) is 109 Å². The van der Waals surface area contributed by atoms with E-state index in [-0.39, 0.29) is 11.7 Å². The Hall–Kier alpha value is -4.76. The highest BCUT2D eigenvalue weighted by Gasteiger charge is 2.32. The van der Waals surface area contributed by atoms with Gasteiger partial charge in [0.15, 0.2) is 0 Å². The summed E-state index contributed by atoms with van der Waals surface area (Å²) < 4.78 is 6.52. The fraction of sp³-hybridized carbons (Fsp3) is 0.135. The smallest absolute Gasteiger partial charge is 0.132 e. The second kappa shape index (κ2) is 9.77. The maximum absolute atomic E-state index is 11.3. The highest BCUT2D eigenvalue weighted by Crippen LogP contribution is 2.52. The van der Waals surface area contributed by atoms with E-state index in [0.717, 1.165) is 74.6 Å². The highest BCUT2D eigenvalue weighted by molar-refractivity contribution is 5.96. The molecule has 1 unspecified atom stereocenters. The molecule has 0 saturated heterocycles. The van der Waals surface area contributed by atoms with Crippen LogP contribution in [0.2, 0.25) is 0 Å². The third-order valence-corrected chi connectivity index (χ3v) is 8.27. The van der Waals surface area contributed by atoms with Gasteiger partial charge in [0.25, 0.3) is 0 Å². The van der Waals surface area contributed by atoms with Crippen molar-refractivity contribution in [3.8, 4) is 23.0 Å². The minimum Gasteiger partial charge on any atom is -0.508 e. The van der Waals surface area contributed by atoms with Gasteiger partial charge in [0.2, 0.25) is 0 Å². The zero-order valence-corrected chi connectivity index (χ0v) is 22.4. The summed E-state index contributed by atoms with van der Waals surface area (Å²) >= 11 is 0. The molecule has 1 atom stereocenters. The van der Waals surface area contributed by atoms with Gasteiger partial charge in [-0.1, -0.05) is 79.7 Å². The van der Waals surface area contributed by atoms with E-state index in [4.69, 9.17) is 4.74 Å². The molecule has 0 fully saturated rings. The number of hydrogen-bond donors (Lipinski definition) is 2. The van der Waals surface area contributed by atoms with Crippen molar-refractivity contribution in [1.82, 2.24) is 0 Å². The summed E-state index contributed by atoms with van der Waals surface area (Å²) in [4.78, 5) is 0. The fourth-order valence-corrected chi connectivity index (χ4v) is 6.16. The summed E-state index contributed by atoms with van der Waals surface area (Å²) in [6.45, 7) is 2.17. The first-order valence-corrected chi connectivity index (χ1v) is 13.9. The van der Waals surface area contributed by atoms with Crippen LogP contribution < -0.4 is 4.74 Å². The van der Waals surface area contributed by atoms with Crippen molar-refractivity contribution in [2.24, 2.45) is 0 Å². The summed E-state index contributed by atoms with van der Waals surface area (Å²) in [6.07, 6.45) is 2.66. The first kappa shape index (κ1) is 24.3. The molecule has 0 radical (unpaired) electrons. The summed E-state index contributed by atoms with van der Waals surface area (Å²) in [5.74, 6) is 1.98. The van der Waals surface area contributed by atoms with Gasteiger partial charge >= 0.3 is 0 Å². The molecule has 1 heterocycles. The first-order chi connectivity index (χ1) is 19.6. The van der Waals surface area contributed by atoms with Crippen LogP contribution in [-0.2, 0) is 19.3 Å². The van der Waals surface area contributed by atoms with Gasteiger partial charge in [0.05, 0.1) is 0 Å². The SMILES string of the molecule is CCc1ccc(CCc2cc3ccc4c(c3cc2O)C(c2ccccc2)c2c(ccc3ccc(O)cc23)O4)cc1. The van der Waals surface area contributed by atoms with Crippen LogP contribution in [0, 0.1) is 0 Å². The number of phenols is 2. The van der Waals surface area contributed by atoms with Gasteiger partial charge in [-0.25, -0.2) is 0 Å². The molecule has 0 aromatic heterocycles. The van der Waals surface area contributed by atoms with E-state index in [1.807, 2.05) is 42.5 Å². The zero-order valence-electron chi connectivity index (χ0n) is 22.4. The number of aromatic hydroxyl groups is 2.